The van der Waals surface area contributed by atoms with Crippen molar-refractivity contribution >= 4 is 0 Å². The van der Waals surface area contributed by atoms with Crippen molar-refractivity contribution in [2.24, 2.45) is 0 Å². The van der Waals surface area contributed by atoms with Gasteiger partial charge in [-0.15, -0.1) is 10.2 Å². The van der Waals surface area contributed by atoms with Gasteiger partial charge in [-0.25, -0.2) is 0 Å². The van der Waals surface area contributed by atoms with Crippen LogP contribution in [0.25, 0.3) is 11.5 Å². The van der Waals surface area contributed by atoms with E-state index in [1.165, 1.54) is 0 Å². The predicted molar refractivity (Wildman–Crippen MR) is 69.0 cm³/mol. The molecular formula is C13H18N4O. The number of hydrogen-bond acceptors (Lipinski definition) is 5. The van der Waals surface area contributed by atoms with E-state index in [2.05, 4.69) is 34.3 Å². The van der Waals surface area contributed by atoms with Crippen LogP contribution in [-0.4, -0.2) is 21.7 Å². The SMILES string of the molecule is CCNC(CC)c1nnc(-c2cccnc2C)o1. The quantitative estimate of drug-likeness (QED) is 0.878. The molecule has 2 rings (SSSR count). The second-order valence-electron chi connectivity index (χ2n) is 4.10. The molecule has 5 nitrogen and oxygen atoms in total. The molecule has 18 heavy (non-hydrogen) atoms. The van der Waals surface area contributed by atoms with E-state index in [0.29, 0.717) is 11.8 Å². The zero-order chi connectivity index (χ0) is 13.0. The Labute approximate surface area is 107 Å². The summed E-state index contributed by atoms with van der Waals surface area (Å²) in [6, 6.07) is 3.93. The smallest absolute Gasteiger partial charge is 0.249 e. The zero-order valence-corrected chi connectivity index (χ0v) is 11.0. The molecule has 0 amide bonds. The first-order valence-electron chi connectivity index (χ1n) is 6.25. The van der Waals surface area contributed by atoms with Crippen LogP contribution in [0.2, 0.25) is 0 Å². The molecule has 2 aromatic heterocycles. The van der Waals surface area contributed by atoms with E-state index in [1.807, 2.05) is 19.1 Å². The van der Waals surface area contributed by atoms with Crippen molar-refractivity contribution in [2.75, 3.05) is 6.54 Å². The van der Waals surface area contributed by atoms with Gasteiger partial charge in [0, 0.05) is 11.9 Å². The highest BCUT2D eigenvalue weighted by Crippen LogP contribution is 2.23. The van der Waals surface area contributed by atoms with E-state index in [-0.39, 0.29) is 6.04 Å². The van der Waals surface area contributed by atoms with Crippen LogP contribution in [0.4, 0.5) is 0 Å². The zero-order valence-electron chi connectivity index (χ0n) is 11.0. The van der Waals surface area contributed by atoms with Crippen molar-refractivity contribution in [1.82, 2.24) is 20.5 Å². The first-order valence-corrected chi connectivity index (χ1v) is 6.25. The highest BCUT2D eigenvalue weighted by Gasteiger charge is 2.17. The molecule has 0 bridgehead atoms. The summed E-state index contributed by atoms with van der Waals surface area (Å²) in [5.41, 5.74) is 1.78. The van der Waals surface area contributed by atoms with Crippen molar-refractivity contribution in [3.05, 3.63) is 29.9 Å². The monoisotopic (exact) mass is 246 g/mol. The van der Waals surface area contributed by atoms with Crippen LogP contribution in [0, 0.1) is 6.92 Å². The van der Waals surface area contributed by atoms with Crippen LogP contribution >= 0.6 is 0 Å². The van der Waals surface area contributed by atoms with Crippen LogP contribution in [0.5, 0.6) is 0 Å². The lowest BCUT2D eigenvalue weighted by molar-refractivity contribution is 0.402. The van der Waals surface area contributed by atoms with Gasteiger partial charge in [0.1, 0.15) is 0 Å². The van der Waals surface area contributed by atoms with E-state index < -0.39 is 0 Å². The molecule has 2 heterocycles. The molecule has 0 spiro atoms. The summed E-state index contributed by atoms with van der Waals surface area (Å²) in [6.07, 6.45) is 2.67. The van der Waals surface area contributed by atoms with Crippen LogP contribution < -0.4 is 5.32 Å². The number of nitrogens with one attached hydrogen (secondary N) is 1. The third-order valence-corrected chi connectivity index (χ3v) is 2.83. The molecule has 0 aromatic carbocycles. The molecule has 1 atom stereocenters. The van der Waals surface area contributed by atoms with Crippen molar-refractivity contribution in [3.8, 4) is 11.5 Å². The molecule has 0 aliphatic rings. The summed E-state index contributed by atoms with van der Waals surface area (Å²) >= 11 is 0. The fourth-order valence-corrected chi connectivity index (χ4v) is 1.85. The van der Waals surface area contributed by atoms with Gasteiger partial charge in [-0.2, -0.15) is 0 Å². The van der Waals surface area contributed by atoms with E-state index in [0.717, 1.165) is 24.2 Å². The molecule has 0 aliphatic heterocycles. The summed E-state index contributed by atoms with van der Waals surface area (Å²) in [5, 5.41) is 11.5. The summed E-state index contributed by atoms with van der Waals surface area (Å²) in [7, 11) is 0. The molecule has 1 N–H and O–H groups in total. The number of aromatic nitrogens is 3. The maximum atomic E-state index is 5.73. The highest BCUT2D eigenvalue weighted by atomic mass is 16.4. The minimum absolute atomic E-state index is 0.119. The van der Waals surface area contributed by atoms with Crippen molar-refractivity contribution in [2.45, 2.75) is 33.2 Å². The Balaban J connectivity index is 2.28. The predicted octanol–water partition coefficient (Wildman–Crippen LogP) is 2.50. The van der Waals surface area contributed by atoms with Gasteiger partial charge >= 0.3 is 0 Å². The van der Waals surface area contributed by atoms with Crippen molar-refractivity contribution in [3.63, 3.8) is 0 Å². The Hall–Kier alpha value is -1.75. The summed E-state index contributed by atoms with van der Waals surface area (Å²) < 4.78 is 5.73. The molecule has 2 aromatic rings. The average molecular weight is 246 g/mol. The summed E-state index contributed by atoms with van der Waals surface area (Å²) in [4.78, 5) is 4.22. The lowest BCUT2D eigenvalue weighted by Crippen LogP contribution is -2.20. The minimum Gasteiger partial charge on any atom is -0.419 e. The number of pyridine rings is 1. The standard InChI is InChI=1S/C13H18N4O/c1-4-11(14-5-2)13-17-16-12(18-13)10-7-6-8-15-9(10)3/h6-8,11,14H,4-5H2,1-3H3. The first-order chi connectivity index (χ1) is 8.76. The van der Waals surface area contributed by atoms with Gasteiger partial charge in [-0.05, 0) is 32.0 Å². The van der Waals surface area contributed by atoms with Gasteiger partial charge in [0.2, 0.25) is 11.8 Å². The molecule has 1 unspecified atom stereocenters. The maximum Gasteiger partial charge on any atom is 0.249 e. The number of nitrogens with zero attached hydrogens (tertiary/aromatic N) is 3. The van der Waals surface area contributed by atoms with Gasteiger partial charge in [-0.1, -0.05) is 13.8 Å². The molecule has 0 saturated carbocycles. The van der Waals surface area contributed by atoms with E-state index in [9.17, 15) is 0 Å². The van der Waals surface area contributed by atoms with Gasteiger partial charge in [-0.3, -0.25) is 4.98 Å². The number of hydrogen-bond donors (Lipinski definition) is 1. The molecule has 0 saturated heterocycles. The lowest BCUT2D eigenvalue weighted by atomic mass is 10.2. The van der Waals surface area contributed by atoms with E-state index in [4.69, 9.17) is 4.42 Å². The average Bonchev–Trinajstić information content (AvgIpc) is 2.85. The van der Waals surface area contributed by atoms with Crippen LogP contribution in [-0.2, 0) is 0 Å². The fraction of sp³-hybridized carbons (Fsp3) is 0.462. The van der Waals surface area contributed by atoms with Crippen LogP contribution in [0.3, 0.4) is 0 Å². The molecule has 96 valence electrons. The Morgan fingerprint density at radius 1 is 1.33 bits per heavy atom. The topological polar surface area (TPSA) is 63.8 Å². The van der Waals surface area contributed by atoms with Gasteiger partial charge < -0.3 is 9.73 Å². The normalized spacial score (nSPS) is 12.6. The van der Waals surface area contributed by atoms with Crippen LogP contribution in [0.1, 0.15) is 37.9 Å². The molecule has 0 fully saturated rings. The maximum absolute atomic E-state index is 5.73. The number of aryl methyl sites for hydroxylation is 1. The van der Waals surface area contributed by atoms with E-state index in [1.54, 1.807) is 6.20 Å². The number of rotatable bonds is 5. The van der Waals surface area contributed by atoms with Gasteiger partial charge in [0.05, 0.1) is 11.6 Å². The van der Waals surface area contributed by atoms with E-state index >= 15 is 0 Å². The fourth-order valence-electron chi connectivity index (χ4n) is 1.85. The summed E-state index contributed by atoms with van der Waals surface area (Å²) in [6.45, 7) is 6.96. The van der Waals surface area contributed by atoms with Crippen molar-refractivity contribution < 1.29 is 4.42 Å². The molecule has 0 radical (unpaired) electrons. The third-order valence-electron chi connectivity index (χ3n) is 2.83. The Kier molecular flexibility index (Phi) is 4.04. The Morgan fingerprint density at radius 3 is 2.83 bits per heavy atom. The summed E-state index contributed by atoms with van der Waals surface area (Å²) in [5.74, 6) is 1.17. The van der Waals surface area contributed by atoms with Crippen molar-refractivity contribution in [1.29, 1.82) is 0 Å². The van der Waals surface area contributed by atoms with Gasteiger partial charge in [0.25, 0.3) is 0 Å². The minimum atomic E-state index is 0.119. The third kappa shape index (κ3) is 2.56. The first kappa shape index (κ1) is 12.7. The van der Waals surface area contributed by atoms with Gasteiger partial charge in [0.15, 0.2) is 0 Å². The molecular weight excluding hydrogens is 228 g/mol. The largest absolute Gasteiger partial charge is 0.419 e. The van der Waals surface area contributed by atoms with Crippen LogP contribution in [0.15, 0.2) is 22.7 Å². The second-order valence-corrected chi connectivity index (χ2v) is 4.10. The molecule has 5 heteroatoms. The molecule has 0 aliphatic carbocycles. The highest BCUT2D eigenvalue weighted by molar-refractivity contribution is 5.55. The Morgan fingerprint density at radius 2 is 2.17 bits per heavy atom. The lowest BCUT2D eigenvalue weighted by Gasteiger charge is -2.10. The second kappa shape index (κ2) is 5.73. The Bertz CT molecular complexity index is 509.